The Morgan fingerprint density at radius 3 is 2.60 bits per heavy atom. The first-order chi connectivity index (χ1) is 7.11. The minimum Gasteiger partial charge on any atom is -0.389 e. The van der Waals surface area contributed by atoms with Gasteiger partial charge in [0.15, 0.2) is 0 Å². The van der Waals surface area contributed by atoms with Crippen LogP contribution in [0, 0.1) is 6.92 Å². The van der Waals surface area contributed by atoms with E-state index in [1.54, 1.807) is 0 Å². The highest BCUT2D eigenvalue weighted by Gasteiger charge is 2.21. The van der Waals surface area contributed by atoms with Gasteiger partial charge in [0.25, 0.3) is 0 Å². The van der Waals surface area contributed by atoms with Gasteiger partial charge in [0, 0.05) is 24.3 Å². The van der Waals surface area contributed by atoms with Crippen molar-refractivity contribution in [1.29, 1.82) is 0 Å². The van der Waals surface area contributed by atoms with Gasteiger partial charge in [0.2, 0.25) is 0 Å². The fraction of sp³-hybridized carbons (Fsp3) is 0.727. The quantitative estimate of drug-likeness (QED) is 0.666. The maximum absolute atomic E-state index is 10.0. The Balaban J connectivity index is 2.36. The van der Waals surface area contributed by atoms with E-state index in [2.05, 4.69) is 15.5 Å². The Morgan fingerprint density at radius 1 is 1.47 bits per heavy atom. The zero-order valence-electron chi connectivity index (χ0n) is 9.80. The van der Waals surface area contributed by atoms with Crippen LogP contribution in [-0.2, 0) is 6.54 Å². The molecule has 0 aliphatic rings. The van der Waals surface area contributed by atoms with Crippen LogP contribution in [0.25, 0.3) is 0 Å². The van der Waals surface area contributed by atoms with E-state index in [0.717, 1.165) is 30.6 Å². The molecule has 1 heterocycles. The first kappa shape index (κ1) is 12.2. The zero-order chi connectivity index (χ0) is 11.3. The summed E-state index contributed by atoms with van der Waals surface area (Å²) in [6.07, 6.45) is 3.38. The topological polar surface area (TPSA) is 60.9 Å². The molecule has 4 heteroatoms. The van der Waals surface area contributed by atoms with Crippen LogP contribution in [0.5, 0.6) is 0 Å². The van der Waals surface area contributed by atoms with Crippen LogP contribution in [0.3, 0.4) is 0 Å². The molecule has 0 saturated heterocycles. The van der Waals surface area contributed by atoms with E-state index >= 15 is 0 Å². The molecular weight excluding hydrogens is 190 g/mol. The third-order valence-corrected chi connectivity index (χ3v) is 3.02. The second kappa shape index (κ2) is 5.28. The monoisotopic (exact) mass is 211 g/mol. The molecule has 0 fully saturated rings. The fourth-order valence-electron chi connectivity index (χ4n) is 1.48. The molecule has 0 radical (unpaired) electrons. The molecule has 1 aromatic heterocycles. The molecule has 4 nitrogen and oxygen atoms in total. The average Bonchev–Trinajstić information content (AvgIpc) is 2.64. The first-order valence-electron chi connectivity index (χ1n) is 5.53. The molecule has 0 amide bonds. The minimum atomic E-state index is -0.572. The van der Waals surface area contributed by atoms with Crippen molar-refractivity contribution in [1.82, 2.24) is 15.5 Å². The molecule has 0 atom stereocenters. The number of nitrogens with one attached hydrogen (secondary N) is 2. The van der Waals surface area contributed by atoms with Crippen LogP contribution >= 0.6 is 0 Å². The molecule has 0 bridgehead atoms. The zero-order valence-corrected chi connectivity index (χ0v) is 9.80. The van der Waals surface area contributed by atoms with Crippen LogP contribution in [0.1, 0.15) is 37.9 Å². The SMILES string of the molecule is CCC(O)(CC)CNCc1cn[nH]c1C. The molecule has 0 saturated carbocycles. The van der Waals surface area contributed by atoms with Gasteiger partial charge in [-0.25, -0.2) is 0 Å². The van der Waals surface area contributed by atoms with E-state index < -0.39 is 5.60 Å². The van der Waals surface area contributed by atoms with Crippen molar-refractivity contribution in [3.05, 3.63) is 17.5 Å². The predicted octanol–water partition coefficient (Wildman–Crippen LogP) is 1.36. The number of hydrogen-bond donors (Lipinski definition) is 3. The van der Waals surface area contributed by atoms with Crippen molar-refractivity contribution in [2.24, 2.45) is 0 Å². The number of hydrogen-bond acceptors (Lipinski definition) is 3. The summed E-state index contributed by atoms with van der Waals surface area (Å²) < 4.78 is 0. The van der Waals surface area contributed by atoms with Crippen molar-refractivity contribution in [3.8, 4) is 0 Å². The van der Waals surface area contributed by atoms with Gasteiger partial charge in [-0.15, -0.1) is 0 Å². The van der Waals surface area contributed by atoms with Crippen LogP contribution < -0.4 is 5.32 Å². The standard InChI is InChI=1S/C11H21N3O/c1-4-11(15,5-2)8-12-6-10-7-13-14-9(10)3/h7,12,15H,4-6,8H2,1-3H3,(H,13,14). The van der Waals surface area contributed by atoms with Gasteiger partial charge in [-0.05, 0) is 19.8 Å². The maximum atomic E-state index is 10.0. The number of aliphatic hydroxyl groups is 1. The van der Waals surface area contributed by atoms with Gasteiger partial charge < -0.3 is 10.4 Å². The Kier molecular flexibility index (Phi) is 4.29. The summed E-state index contributed by atoms with van der Waals surface area (Å²) in [4.78, 5) is 0. The van der Waals surface area contributed by atoms with Gasteiger partial charge >= 0.3 is 0 Å². The highest BCUT2D eigenvalue weighted by molar-refractivity contribution is 5.13. The summed E-state index contributed by atoms with van der Waals surface area (Å²) >= 11 is 0. The number of aromatic amines is 1. The summed E-state index contributed by atoms with van der Waals surface area (Å²) in [5.74, 6) is 0. The van der Waals surface area contributed by atoms with Gasteiger partial charge in [0.05, 0.1) is 11.8 Å². The van der Waals surface area contributed by atoms with Crippen LogP contribution in [-0.4, -0.2) is 27.4 Å². The largest absolute Gasteiger partial charge is 0.389 e. The number of aromatic nitrogens is 2. The lowest BCUT2D eigenvalue weighted by molar-refractivity contribution is 0.0323. The summed E-state index contributed by atoms with van der Waals surface area (Å²) in [6.45, 7) is 7.40. The van der Waals surface area contributed by atoms with E-state index in [1.807, 2.05) is 27.0 Å². The van der Waals surface area contributed by atoms with E-state index in [9.17, 15) is 5.11 Å². The Labute approximate surface area is 91.1 Å². The predicted molar refractivity (Wildman–Crippen MR) is 60.6 cm³/mol. The van der Waals surface area contributed by atoms with Crippen LogP contribution in [0.2, 0.25) is 0 Å². The summed E-state index contributed by atoms with van der Waals surface area (Å²) in [6, 6.07) is 0. The van der Waals surface area contributed by atoms with Gasteiger partial charge in [-0.1, -0.05) is 13.8 Å². The fourth-order valence-corrected chi connectivity index (χ4v) is 1.48. The molecule has 0 aromatic carbocycles. The molecule has 1 aromatic rings. The second-order valence-electron chi connectivity index (χ2n) is 4.06. The second-order valence-corrected chi connectivity index (χ2v) is 4.06. The van der Waals surface area contributed by atoms with Crippen molar-refractivity contribution in [3.63, 3.8) is 0 Å². The summed E-state index contributed by atoms with van der Waals surface area (Å²) in [5, 5.41) is 20.1. The van der Waals surface area contributed by atoms with Crippen molar-refractivity contribution in [2.75, 3.05) is 6.54 Å². The lowest BCUT2D eigenvalue weighted by Crippen LogP contribution is -2.39. The minimum absolute atomic E-state index is 0.572. The third kappa shape index (κ3) is 3.32. The van der Waals surface area contributed by atoms with Crippen LogP contribution in [0.15, 0.2) is 6.20 Å². The summed E-state index contributed by atoms with van der Waals surface area (Å²) in [7, 11) is 0. The molecular formula is C11H21N3O. The smallest absolute Gasteiger partial charge is 0.0766 e. The molecule has 15 heavy (non-hydrogen) atoms. The number of rotatable bonds is 6. The average molecular weight is 211 g/mol. The lowest BCUT2D eigenvalue weighted by Gasteiger charge is -2.25. The van der Waals surface area contributed by atoms with Crippen molar-refractivity contribution >= 4 is 0 Å². The lowest BCUT2D eigenvalue weighted by atomic mass is 9.97. The van der Waals surface area contributed by atoms with E-state index in [-0.39, 0.29) is 0 Å². The normalized spacial score (nSPS) is 12.0. The van der Waals surface area contributed by atoms with E-state index in [4.69, 9.17) is 0 Å². The molecule has 0 spiro atoms. The van der Waals surface area contributed by atoms with Gasteiger partial charge in [-0.3, -0.25) is 5.10 Å². The highest BCUT2D eigenvalue weighted by atomic mass is 16.3. The van der Waals surface area contributed by atoms with Crippen LogP contribution in [0.4, 0.5) is 0 Å². The maximum Gasteiger partial charge on any atom is 0.0766 e. The summed E-state index contributed by atoms with van der Waals surface area (Å²) in [5.41, 5.74) is 1.67. The first-order valence-corrected chi connectivity index (χ1v) is 5.53. The Morgan fingerprint density at radius 2 is 2.13 bits per heavy atom. The molecule has 1 rings (SSSR count). The van der Waals surface area contributed by atoms with Gasteiger partial charge in [0.1, 0.15) is 0 Å². The molecule has 3 N–H and O–H groups in total. The van der Waals surface area contributed by atoms with Crippen molar-refractivity contribution < 1.29 is 5.11 Å². The van der Waals surface area contributed by atoms with Gasteiger partial charge in [-0.2, -0.15) is 5.10 Å². The molecule has 0 unspecified atom stereocenters. The van der Waals surface area contributed by atoms with Crippen molar-refractivity contribution in [2.45, 2.75) is 45.8 Å². The number of aryl methyl sites for hydroxylation is 1. The number of nitrogens with zero attached hydrogens (tertiary/aromatic N) is 1. The Bertz CT molecular complexity index is 292. The van der Waals surface area contributed by atoms with E-state index in [0.29, 0.717) is 6.54 Å². The molecule has 0 aliphatic heterocycles. The molecule has 86 valence electrons. The van der Waals surface area contributed by atoms with E-state index in [1.165, 1.54) is 0 Å². The third-order valence-electron chi connectivity index (χ3n) is 3.02. The highest BCUT2D eigenvalue weighted by Crippen LogP contribution is 2.13. The Hall–Kier alpha value is -0.870. The number of H-pyrrole nitrogens is 1. The molecule has 0 aliphatic carbocycles.